The lowest BCUT2D eigenvalue weighted by Gasteiger charge is -2.05. The molecule has 0 aliphatic carbocycles. The van der Waals surface area contributed by atoms with Gasteiger partial charge in [0.15, 0.2) is 0 Å². The van der Waals surface area contributed by atoms with E-state index < -0.39 is 21.8 Å². The van der Waals surface area contributed by atoms with Crippen molar-refractivity contribution in [1.82, 2.24) is 0 Å². The van der Waals surface area contributed by atoms with Crippen molar-refractivity contribution in [1.29, 1.82) is 0 Å². The van der Waals surface area contributed by atoms with Gasteiger partial charge in [0.2, 0.25) is 0 Å². The summed E-state index contributed by atoms with van der Waals surface area (Å²) >= 11 is 3.80. The fourth-order valence-corrected chi connectivity index (χ4v) is 3.76. The van der Waals surface area contributed by atoms with Crippen LogP contribution in [0.1, 0.15) is 15.2 Å². The molecule has 2 N–H and O–H groups in total. The van der Waals surface area contributed by atoms with Crippen LogP contribution in [-0.2, 0) is 10.1 Å². The number of rotatable bonds is 3. The number of carbonyl (C=O) groups is 1. The molecular weight excluding hydrogens is 421 g/mol. The second-order valence-electron chi connectivity index (χ2n) is 4.09. The molecule has 2 rings (SSSR count). The van der Waals surface area contributed by atoms with Crippen LogP contribution in [0.15, 0.2) is 32.9 Å². The number of benzene rings is 1. The topological polar surface area (TPSA) is 83.5 Å². The highest BCUT2D eigenvalue weighted by atomic mass is 79.9. The van der Waals surface area contributed by atoms with E-state index in [1.807, 2.05) is 0 Å². The predicted molar refractivity (Wildman–Crippen MR) is 88.2 cm³/mol. The summed E-state index contributed by atoms with van der Waals surface area (Å²) in [6, 6.07) is 5.05. The maximum absolute atomic E-state index is 13.1. The number of carbonyl (C=O) groups excluding carboxylic acids is 1. The number of halogens is 3. The molecule has 0 fully saturated rings. The molecule has 1 heterocycles. The summed E-state index contributed by atoms with van der Waals surface area (Å²) in [6.45, 7) is 1.56. The van der Waals surface area contributed by atoms with Crippen LogP contribution in [0.5, 0.6) is 0 Å². The van der Waals surface area contributed by atoms with Crippen molar-refractivity contribution in [3.05, 3.63) is 45.0 Å². The Morgan fingerprint density at radius 3 is 2.50 bits per heavy atom. The van der Waals surface area contributed by atoms with Gasteiger partial charge in [0.05, 0.1) is 10.0 Å². The maximum Gasteiger partial charge on any atom is 0.304 e. The van der Waals surface area contributed by atoms with Gasteiger partial charge < -0.3 is 5.32 Å². The van der Waals surface area contributed by atoms with Gasteiger partial charge in [-0.3, -0.25) is 9.35 Å². The molecule has 120 valence electrons. The molecule has 2 aromatic rings. The fraction of sp³-hybridized carbons (Fsp3) is 0.0833. The van der Waals surface area contributed by atoms with Crippen molar-refractivity contribution in [3.63, 3.8) is 0 Å². The van der Waals surface area contributed by atoms with Gasteiger partial charge in [0, 0.05) is 10.6 Å². The third kappa shape index (κ3) is 4.26. The summed E-state index contributed by atoms with van der Waals surface area (Å²) in [4.78, 5) is 12.5. The third-order valence-corrected chi connectivity index (χ3v) is 5.53. The molecule has 0 aliphatic rings. The Hall–Kier alpha value is -1.00. The second kappa shape index (κ2) is 7.05. The summed E-state index contributed by atoms with van der Waals surface area (Å²) < 4.78 is 44.1. The van der Waals surface area contributed by atoms with Gasteiger partial charge in [-0.25, -0.2) is 4.39 Å². The van der Waals surface area contributed by atoms with Gasteiger partial charge in [0.25, 0.3) is 5.91 Å². The minimum Gasteiger partial charge on any atom is -0.322 e. The third-order valence-electron chi connectivity index (χ3n) is 2.57. The average Bonchev–Trinajstić information content (AvgIpc) is 2.76. The number of aryl methyl sites for hydroxylation is 1. The van der Waals surface area contributed by atoms with E-state index in [1.54, 1.807) is 6.92 Å². The van der Waals surface area contributed by atoms with Gasteiger partial charge >= 0.3 is 10.1 Å². The van der Waals surface area contributed by atoms with Crippen LogP contribution < -0.4 is 5.32 Å². The van der Waals surface area contributed by atoms with E-state index in [2.05, 4.69) is 21.2 Å². The van der Waals surface area contributed by atoms with Crippen LogP contribution in [0.3, 0.4) is 0 Å². The highest BCUT2D eigenvalue weighted by molar-refractivity contribution is 9.10. The van der Waals surface area contributed by atoms with Crippen LogP contribution in [-0.4, -0.2) is 18.9 Å². The van der Waals surface area contributed by atoms with E-state index in [0.717, 1.165) is 17.4 Å². The highest BCUT2D eigenvalue weighted by Gasteiger charge is 2.20. The number of amides is 1. The molecular formula is C12H10BrClFNO4S2. The molecule has 10 heteroatoms. The van der Waals surface area contributed by atoms with E-state index >= 15 is 0 Å². The molecule has 0 spiro atoms. The normalized spacial score (nSPS) is 10.9. The van der Waals surface area contributed by atoms with Crippen molar-refractivity contribution in [2.45, 2.75) is 11.1 Å². The van der Waals surface area contributed by atoms with Crippen molar-refractivity contribution >= 4 is 61.4 Å². The summed E-state index contributed by atoms with van der Waals surface area (Å²) in [5.41, 5.74) is 0.486. The van der Waals surface area contributed by atoms with Crippen molar-refractivity contribution in [2.75, 3.05) is 5.32 Å². The molecule has 0 saturated carbocycles. The Morgan fingerprint density at radius 1 is 1.36 bits per heavy atom. The smallest absolute Gasteiger partial charge is 0.304 e. The molecule has 0 bridgehead atoms. The van der Waals surface area contributed by atoms with Gasteiger partial charge in [-0.2, -0.15) is 8.42 Å². The zero-order chi connectivity index (χ0) is 15.8. The van der Waals surface area contributed by atoms with Crippen LogP contribution in [0.4, 0.5) is 10.1 Å². The lowest BCUT2D eigenvalue weighted by Crippen LogP contribution is -2.12. The maximum atomic E-state index is 13.1. The Morgan fingerprint density at radius 2 is 2.00 bits per heavy atom. The summed E-state index contributed by atoms with van der Waals surface area (Å²) in [5, 5.41) is 2.53. The molecule has 5 nitrogen and oxygen atoms in total. The zero-order valence-electron chi connectivity index (χ0n) is 11.0. The Bertz CT molecular complexity index is 823. The Balaban J connectivity index is 0.00000242. The second-order valence-corrected chi connectivity index (χ2v) is 7.85. The molecule has 1 amide bonds. The number of hydrogen-bond acceptors (Lipinski definition) is 4. The first kappa shape index (κ1) is 19.0. The van der Waals surface area contributed by atoms with E-state index in [-0.39, 0.29) is 26.7 Å². The van der Waals surface area contributed by atoms with Gasteiger partial charge in [-0.15, -0.1) is 23.7 Å². The number of nitrogens with one attached hydrogen (secondary N) is 1. The van der Waals surface area contributed by atoms with E-state index in [0.29, 0.717) is 10.6 Å². The van der Waals surface area contributed by atoms with Crippen LogP contribution in [0.2, 0.25) is 0 Å². The number of hydrogen-bond donors (Lipinski definition) is 2. The van der Waals surface area contributed by atoms with Crippen LogP contribution in [0, 0.1) is 12.7 Å². The summed E-state index contributed by atoms with van der Waals surface area (Å²) in [6.07, 6.45) is 0. The quantitative estimate of drug-likeness (QED) is 0.724. The van der Waals surface area contributed by atoms with Crippen LogP contribution in [0.25, 0.3) is 0 Å². The molecule has 0 atom stereocenters. The molecule has 0 aliphatic heterocycles. The largest absolute Gasteiger partial charge is 0.322 e. The van der Waals surface area contributed by atoms with E-state index in [1.165, 1.54) is 18.2 Å². The molecule has 0 unspecified atom stereocenters. The lowest BCUT2D eigenvalue weighted by molar-refractivity contribution is 0.102. The van der Waals surface area contributed by atoms with Gasteiger partial charge in [-0.05, 0) is 47.1 Å². The van der Waals surface area contributed by atoms with Gasteiger partial charge in [-0.1, -0.05) is 0 Å². The van der Waals surface area contributed by atoms with Crippen LogP contribution >= 0.6 is 39.7 Å². The number of anilines is 1. The minimum absolute atomic E-state index is 0. The minimum atomic E-state index is -4.34. The predicted octanol–water partition coefficient (Wildman–Crippen LogP) is 3.88. The summed E-state index contributed by atoms with van der Waals surface area (Å²) in [7, 11) is -4.34. The fourth-order valence-electron chi connectivity index (χ4n) is 1.58. The van der Waals surface area contributed by atoms with E-state index in [4.69, 9.17) is 4.55 Å². The first-order valence-corrected chi connectivity index (χ1v) is 8.58. The van der Waals surface area contributed by atoms with Gasteiger partial charge in [0.1, 0.15) is 10.0 Å². The number of thiophene rings is 1. The Labute approximate surface area is 144 Å². The molecule has 0 radical (unpaired) electrons. The highest BCUT2D eigenvalue weighted by Crippen LogP contribution is 2.27. The standard InChI is InChI=1S/C12H9BrFNO4S2.ClH/c1-6-8(5-11(20-6)21(17,18)19)12(16)15-7-2-3-10(14)9(13)4-7;/h2-5H,1H3,(H,15,16)(H,17,18,19);1H. The lowest BCUT2D eigenvalue weighted by atomic mass is 10.2. The zero-order valence-corrected chi connectivity index (χ0v) is 15.0. The summed E-state index contributed by atoms with van der Waals surface area (Å²) in [5.74, 6) is -1.01. The Kier molecular flexibility index (Phi) is 6.10. The molecule has 0 saturated heterocycles. The first-order chi connectivity index (χ1) is 9.68. The monoisotopic (exact) mass is 429 g/mol. The van der Waals surface area contributed by atoms with Crippen molar-refractivity contribution in [3.8, 4) is 0 Å². The average molecular weight is 431 g/mol. The van der Waals surface area contributed by atoms with Crippen molar-refractivity contribution in [2.24, 2.45) is 0 Å². The van der Waals surface area contributed by atoms with E-state index in [9.17, 15) is 17.6 Å². The molecule has 1 aromatic carbocycles. The molecule has 1 aromatic heterocycles. The molecule has 22 heavy (non-hydrogen) atoms. The SMILES string of the molecule is Cc1sc(S(=O)(=O)O)cc1C(=O)Nc1ccc(F)c(Br)c1.Cl. The first-order valence-electron chi connectivity index (χ1n) is 5.53. The van der Waals surface area contributed by atoms with Crippen molar-refractivity contribution < 1.29 is 22.2 Å².